The van der Waals surface area contributed by atoms with E-state index in [4.69, 9.17) is 4.74 Å². The van der Waals surface area contributed by atoms with Gasteiger partial charge in [-0.2, -0.15) is 13.2 Å². The second-order valence-corrected chi connectivity index (χ2v) is 5.88. The fourth-order valence-electron chi connectivity index (χ4n) is 2.58. The highest BCUT2D eigenvalue weighted by Gasteiger charge is 2.33. The van der Waals surface area contributed by atoms with Gasteiger partial charge in [0.2, 0.25) is 0 Å². The molecule has 28 heavy (non-hydrogen) atoms. The monoisotopic (exact) mass is 386 g/mol. The molecule has 3 rings (SSSR count). The lowest BCUT2D eigenvalue weighted by Gasteiger charge is -2.16. The van der Waals surface area contributed by atoms with Crippen molar-refractivity contribution in [2.45, 2.75) is 12.8 Å². The van der Waals surface area contributed by atoms with Gasteiger partial charge in [0, 0.05) is 11.1 Å². The van der Waals surface area contributed by atoms with E-state index in [9.17, 15) is 18.0 Å². The smallest absolute Gasteiger partial charge is 0.418 e. The molecule has 0 aliphatic heterocycles. The van der Waals surface area contributed by atoms with Crippen LogP contribution in [-0.4, -0.2) is 5.91 Å². The van der Waals surface area contributed by atoms with Crippen LogP contribution in [-0.2, 0) is 12.8 Å². The number of para-hydroxylation sites is 2. The van der Waals surface area contributed by atoms with Crippen LogP contribution >= 0.6 is 0 Å². The van der Waals surface area contributed by atoms with Gasteiger partial charge in [0.15, 0.2) is 0 Å². The molecule has 3 aromatic carbocycles. The van der Waals surface area contributed by atoms with Crippen molar-refractivity contribution in [1.82, 2.24) is 5.43 Å². The Morgan fingerprint density at radius 1 is 0.857 bits per heavy atom. The van der Waals surface area contributed by atoms with E-state index in [1.807, 2.05) is 18.2 Å². The van der Waals surface area contributed by atoms with Crippen LogP contribution < -0.4 is 15.6 Å². The van der Waals surface area contributed by atoms with E-state index in [2.05, 4.69) is 10.9 Å². The van der Waals surface area contributed by atoms with Crippen LogP contribution in [0.4, 0.5) is 18.9 Å². The Kier molecular flexibility index (Phi) is 5.84. The lowest BCUT2D eigenvalue weighted by molar-refractivity contribution is -0.137. The van der Waals surface area contributed by atoms with Crippen LogP contribution in [0.3, 0.4) is 0 Å². The first kappa shape index (κ1) is 19.3. The van der Waals surface area contributed by atoms with Gasteiger partial charge in [-0.1, -0.05) is 48.5 Å². The Morgan fingerprint density at radius 3 is 2.25 bits per heavy atom. The summed E-state index contributed by atoms with van der Waals surface area (Å²) in [5, 5.41) is 0. The number of hydrazine groups is 1. The summed E-state index contributed by atoms with van der Waals surface area (Å²) < 4.78 is 44.8. The minimum Gasteiger partial charge on any atom is -0.489 e. The second-order valence-electron chi connectivity index (χ2n) is 5.88. The second kappa shape index (κ2) is 8.47. The maximum absolute atomic E-state index is 13.1. The highest BCUT2D eigenvalue weighted by molar-refractivity contribution is 5.96. The number of hydrogen-bond acceptors (Lipinski definition) is 3. The van der Waals surface area contributed by atoms with E-state index >= 15 is 0 Å². The molecule has 144 valence electrons. The summed E-state index contributed by atoms with van der Waals surface area (Å²) in [6.07, 6.45) is -4.53. The molecular formula is C21H17F3N2O2. The Morgan fingerprint density at radius 2 is 1.50 bits per heavy atom. The molecule has 0 aliphatic rings. The third-order valence-corrected chi connectivity index (χ3v) is 3.94. The zero-order valence-electron chi connectivity index (χ0n) is 14.7. The number of hydrogen-bond donors (Lipinski definition) is 2. The third-order valence-electron chi connectivity index (χ3n) is 3.94. The van der Waals surface area contributed by atoms with Crippen LogP contribution in [0.5, 0.6) is 5.75 Å². The molecule has 4 nitrogen and oxygen atoms in total. The molecule has 7 heteroatoms. The first-order valence-electron chi connectivity index (χ1n) is 8.43. The molecule has 0 spiro atoms. The predicted molar refractivity (Wildman–Crippen MR) is 99.7 cm³/mol. The molecule has 0 unspecified atom stereocenters. The molecule has 0 aliphatic carbocycles. The van der Waals surface area contributed by atoms with E-state index in [1.165, 1.54) is 18.2 Å². The predicted octanol–water partition coefficient (Wildman–Crippen LogP) is 5.04. The van der Waals surface area contributed by atoms with Gasteiger partial charge in [-0.25, -0.2) is 0 Å². The number of benzene rings is 3. The fourth-order valence-corrected chi connectivity index (χ4v) is 2.58. The number of carbonyl (C=O) groups excluding carboxylic acids is 1. The Labute approximate surface area is 159 Å². The van der Waals surface area contributed by atoms with Gasteiger partial charge < -0.3 is 4.74 Å². The number of anilines is 1. The molecule has 2 N–H and O–H groups in total. The van der Waals surface area contributed by atoms with Crippen molar-refractivity contribution in [1.29, 1.82) is 0 Å². The van der Waals surface area contributed by atoms with E-state index < -0.39 is 17.6 Å². The van der Waals surface area contributed by atoms with E-state index in [0.717, 1.165) is 6.07 Å². The molecule has 0 bridgehead atoms. The van der Waals surface area contributed by atoms with Crippen molar-refractivity contribution in [2.75, 3.05) is 5.43 Å². The fraction of sp³-hybridized carbons (Fsp3) is 0.0952. The molecule has 0 saturated heterocycles. The number of alkyl halides is 3. The molecule has 1 amide bonds. The number of halogens is 3. The molecule has 0 heterocycles. The topological polar surface area (TPSA) is 50.4 Å². The van der Waals surface area contributed by atoms with Crippen LogP contribution in [0, 0.1) is 0 Å². The summed E-state index contributed by atoms with van der Waals surface area (Å²) in [6, 6.07) is 20.7. The SMILES string of the molecule is O=C(NNc1ccccc1C(F)(F)F)c1ccccc1COc1ccccc1. The average Bonchev–Trinajstić information content (AvgIpc) is 2.71. The maximum atomic E-state index is 13.1. The first-order valence-corrected chi connectivity index (χ1v) is 8.43. The van der Waals surface area contributed by atoms with Crippen molar-refractivity contribution in [3.05, 3.63) is 95.6 Å². The zero-order valence-corrected chi connectivity index (χ0v) is 14.7. The van der Waals surface area contributed by atoms with Crippen molar-refractivity contribution < 1.29 is 22.7 Å². The van der Waals surface area contributed by atoms with Gasteiger partial charge in [-0.3, -0.25) is 15.6 Å². The molecular weight excluding hydrogens is 369 g/mol. The van der Waals surface area contributed by atoms with E-state index in [-0.39, 0.29) is 12.3 Å². The third kappa shape index (κ3) is 4.82. The Bertz CT molecular complexity index is 944. The zero-order chi connectivity index (χ0) is 20.0. The first-order chi connectivity index (χ1) is 13.4. The Hall–Kier alpha value is -3.48. The van der Waals surface area contributed by atoms with Crippen LogP contribution in [0.15, 0.2) is 78.9 Å². The summed E-state index contributed by atoms with van der Waals surface area (Å²) >= 11 is 0. The number of ether oxygens (including phenoxy) is 1. The highest BCUT2D eigenvalue weighted by Crippen LogP contribution is 2.34. The van der Waals surface area contributed by atoms with Crippen molar-refractivity contribution in [2.24, 2.45) is 0 Å². The number of nitrogens with one attached hydrogen (secondary N) is 2. The lowest BCUT2D eigenvalue weighted by atomic mass is 10.1. The molecule has 0 radical (unpaired) electrons. The summed E-state index contributed by atoms with van der Waals surface area (Å²) in [4.78, 5) is 12.5. The van der Waals surface area contributed by atoms with Crippen LogP contribution in [0.2, 0.25) is 0 Å². The summed E-state index contributed by atoms with van der Waals surface area (Å²) in [7, 11) is 0. The number of rotatable bonds is 6. The quantitative estimate of drug-likeness (QED) is 0.584. The van der Waals surface area contributed by atoms with Gasteiger partial charge in [0.25, 0.3) is 5.91 Å². The molecule has 0 atom stereocenters. The summed E-state index contributed by atoms with van der Waals surface area (Å²) in [5.41, 5.74) is 4.49. The maximum Gasteiger partial charge on any atom is 0.418 e. The number of amides is 1. The van der Waals surface area contributed by atoms with Crippen molar-refractivity contribution in [3.63, 3.8) is 0 Å². The largest absolute Gasteiger partial charge is 0.489 e. The molecule has 3 aromatic rings. The normalized spacial score (nSPS) is 11.0. The minimum atomic E-state index is -4.53. The summed E-state index contributed by atoms with van der Waals surface area (Å²) in [5.74, 6) is 0.0826. The van der Waals surface area contributed by atoms with Crippen molar-refractivity contribution >= 4 is 11.6 Å². The minimum absolute atomic E-state index is 0.146. The molecule has 0 aromatic heterocycles. The molecule has 0 saturated carbocycles. The van der Waals surface area contributed by atoms with Crippen LogP contribution in [0.1, 0.15) is 21.5 Å². The highest BCUT2D eigenvalue weighted by atomic mass is 19.4. The number of carbonyl (C=O) groups is 1. The van der Waals surface area contributed by atoms with E-state index in [0.29, 0.717) is 16.9 Å². The summed E-state index contributed by atoms with van der Waals surface area (Å²) in [6.45, 7) is 0.146. The van der Waals surface area contributed by atoms with Crippen molar-refractivity contribution in [3.8, 4) is 5.75 Å². The Balaban J connectivity index is 1.70. The molecule has 0 fully saturated rings. The van der Waals surface area contributed by atoms with Gasteiger partial charge >= 0.3 is 6.18 Å². The average molecular weight is 386 g/mol. The lowest BCUT2D eigenvalue weighted by Crippen LogP contribution is -2.31. The van der Waals surface area contributed by atoms with Crippen LogP contribution in [0.25, 0.3) is 0 Å². The van der Waals surface area contributed by atoms with Gasteiger partial charge in [0.1, 0.15) is 12.4 Å². The van der Waals surface area contributed by atoms with Gasteiger partial charge in [0.05, 0.1) is 11.3 Å². The van der Waals surface area contributed by atoms with Gasteiger partial charge in [-0.15, -0.1) is 0 Å². The standard InChI is InChI=1S/C21H17F3N2O2/c22-21(23,24)18-12-6-7-13-19(18)25-26-20(27)17-11-5-4-8-15(17)14-28-16-9-2-1-3-10-16/h1-13,25H,14H2,(H,26,27). The van der Waals surface area contributed by atoms with E-state index in [1.54, 1.807) is 36.4 Å². The van der Waals surface area contributed by atoms with Gasteiger partial charge in [-0.05, 0) is 30.3 Å².